The lowest BCUT2D eigenvalue weighted by molar-refractivity contribution is -0.104. The van der Waals surface area contributed by atoms with Crippen molar-refractivity contribution >= 4 is 24.1 Å². The number of unbranched alkanes of at least 4 members (excludes halogenated alkanes) is 1. The molecule has 84 valence electrons. The number of fused-ring (bicyclic) bond motifs is 1. The molecule has 2 rings (SSSR count). The average Bonchev–Trinajstić information content (AvgIpc) is 2.35. The molecule has 1 aliphatic rings. The molecule has 1 aromatic carbocycles. The van der Waals surface area contributed by atoms with Gasteiger partial charge in [0.2, 0.25) is 0 Å². The van der Waals surface area contributed by atoms with E-state index in [1.54, 1.807) is 0 Å². The van der Waals surface area contributed by atoms with Gasteiger partial charge in [-0.3, -0.25) is 4.79 Å². The standard InChI is InChI=1S/C14H16OS/c1-2-3-7-14-12(10-15)9-11-6-4-5-8-13(11)16-14/h4-6,8-10,14H,2-3,7H2,1H3. The molecule has 2 heteroatoms. The minimum absolute atomic E-state index is 0.354. The maximum Gasteiger partial charge on any atom is 0.147 e. The van der Waals surface area contributed by atoms with Crippen LogP contribution in [0, 0.1) is 0 Å². The summed E-state index contributed by atoms with van der Waals surface area (Å²) in [5, 5.41) is 0.354. The highest BCUT2D eigenvalue weighted by Gasteiger charge is 2.20. The molecule has 16 heavy (non-hydrogen) atoms. The predicted octanol–water partition coefficient (Wildman–Crippen LogP) is 3.93. The summed E-state index contributed by atoms with van der Waals surface area (Å²) in [5.41, 5.74) is 2.12. The summed E-state index contributed by atoms with van der Waals surface area (Å²) in [6.45, 7) is 2.19. The lowest BCUT2D eigenvalue weighted by atomic mass is 10.0. The SMILES string of the molecule is CCCCC1Sc2ccccc2C=C1C=O. The quantitative estimate of drug-likeness (QED) is 0.732. The van der Waals surface area contributed by atoms with Crippen LogP contribution in [-0.4, -0.2) is 11.5 Å². The topological polar surface area (TPSA) is 17.1 Å². The number of thioether (sulfide) groups is 1. The van der Waals surface area contributed by atoms with Gasteiger partial charge in [0.05, 0.1) is 0 Å². The van der Waals surface area contributed by atoms with Crippen molar-refractivity contribution in [1.29, 1.82) is 0 Å². The largest absolute Gasteiger partial charge is 0.298 e. The van der Waals surface area contributed by atoms with Gasteiger partial charge in [0.1, 0.15) is 6.29 Å². The van der Waals surface area contributed by atoms with Crippen LogP contribution in [0.4, 0.5) is 0 Å². The van der Waals surface area contributed by atoms with Crippen LogP contribution >= 0.6 is 11.8 Å². The van der Waals surface area contributed by atoms with E-state index >= 15 is 0 Å². The van der Waals surface area contributed by atoms with E-state index in [9.17, 15) is 4.79 Å². The van der Waals surface area contributed by atoms with Crippen LogP contribution in [0.5, 0.6) is 0 Å². The fourth-order valence-corrected chi connectivity index (χ4v) is 3.20. The summed E-state index contributed by atoms with van der Waals surface area (Å²) in [5.74, 6) is 0. The number of carbonyl (C=O) groups is 1. The van der Waals surface area contributed by atoms with E-state index in [2.05, 4.69) is 25.1 Å². The number of carbonyl (C=O) groups excluding carboxylic acids is 1. The van der Waals surface area contributed by atoms with Crippen LogP contribution in [0.1, 0.15) is 31.7 Å². The zero-order chi connectivity index (χ0) is 11.4. The maximum absolute atomic E-state index is 11.1. The van der Waals surface area contributed by atoms with Crippen molar-refractivity contribution in [2.24, 2.45) is 0 Å². The zero-order valence-corrected chi connectivity index (χ0v) is 10.3. The molecule has 0 aromatic heterocycles. The van der Waals surface area contributed by atoms with Crippen molar-refractivity contribution < 1.29 is 4.79 Å². The van der Waals surface area contributed by atoms with Gasteiger partial charge in [0.25, 0.3) is 0 Å². The van der Waals surface area contributed by atoms with Crippen molar-refractivity contribution in [3.8, 4) is 0 Å². The Kier molecular flexibility index (Phi) is 3.83. The Bertz CT molecular complexity index is 409. The van der Waals surface area contributed by atoms with Crippen LogP contribution in [0.3, 0.4) is 0 Å². The van der Waals surface area contributed by atoms with Crippen molar-refractivity contribution in [3.63, 3.8) is 0 Å². The number of benzene rings is 1. The highest BCUT2D eigenvalue weighted by molar-refractivity contribution is 8.00. The predicted molar refractivity (Wildman–Crippen MR) is 69.7 cm³/mol. The van der Waals surface area contributed by atoms with Gasteiger partial charge in [-0.15, -0.1) is 11.8 Å². The molecule has 0 fully saturated rings. The van der Waals surface area contributed by atoms with E-state index in [1.165, 1.54) is 23.3 Å². The van der Waals surface area contributed by atoms with Crippen molar-refractivity contribution in [2.75, 3.05) is 0 Å². The second-order valence-electron chi connectivity index (χ2n) is 4.05. The van der Waals surface area contributed by atoms with E-state index in [1.807, 2.05) is 23.9 Å². The summed E-state index contributed by atoms with van der Waals surface area (Å²) in [4.78, 5) is 12.4. The van der Waals surface area contributed by atoms with Crippen LogP contribution < -0.4 is 0 Å². The third-order valence-electron chi connectivity index (χ3n) is 2.84. The van der Waals surface area contributed by atoms with Gasteiger partial charge in [-0.05, 0) is 24.1 Å². The molecule has 1 unspecified atom stereocenters. The van der Waals surface area contributed by atoms with E-state index in [4.69, 9.17) is 0 Å². The average molecular weight is 232 g/mol. The number of aldehydes is 1. The van der Waals surface area contributed by atoms with Crippen molar-refractivity contribution in [1.82, 2.24) is 0 Å². The lowest BCUT2D eigenvalue weighted by Gasteiger charge is -2.22. The van der Waals surface area contributed by atoms with Gasteiger partial charge in [0.15, 0.2) is 0 Å². The van der Waals surface area contributed by atoms with E-state index < -0.39 is 0 Å². The molecular formula is C14H16OS. The molecule has 0 bridgehead atoms. The monoisotopic (exact) mass is 232 g/mol. The van der Waals surface area contributed by atoms with Crippen LogP contribution in [-0.2, 0) is 4.79 Å². The molecular weight excluding hydrogens is 216 g/mol. The van der Waals surface area contributed by atoms with Crippen molar-refractivity contribution in [2.45, 2.75) is 36.3 Å². The Morgan fingerprint density at radius 3 is 2.94 bits per heavy atom. The third-order valence-corrected chi connectivity index (χ3v) is 4.26. The van der Waals surface area contributed by atoms with Gasteiger partial charge in [-0.25, -0.2) is 0 Å². The summed E-state index contributed by atoms with van der Waals surface area (Å²) < 4.78 is 0. The molecule has 0 spiro atoms. The molecule has 1 heterocycles. The van der Waals surface area contributed by atoms with Crippen LogP contribution in [0.25, 0.3) is 6.08 Å². The first-order chi connectivity index (χ1) is 7.85. The van der Waals surface area contributed by atoms with E-state index in [-0.39, 0.29) is 0 Å². The maximum atomic E-state index is 11.1. The van der Waals surface area contributed by atoms with Crippen LogP contribution in [0.15, 0.2) is 34.7 Å². The molecule has 0 N–H and O–H groups in total. The van der Waals surface area contributed by atoms with E-state index in [0.29, 0.717) is 5.25 Å². The Morgan fingerprint density at radius 1 is 1.38 bits per heavy atom. The molecule has 0 radical (unpaired) electrons. The zero-order valence-electron chi connectivity index (χ0n) is 9.48. The van der Waals surface area contributed by atoms with E-state index in [0.717, 1.165) is 18.3 Å². The molecule has 0 saturated carbocycles. The van der Waals surface area contributed by atoms with Gasteiger partial charge in [-0.1, -0.05) is 38.0 Å². The van der Waals surface area contributed by atoms with Gasteiger partial charge >= 0.3 is 0 Å². The number of hydrogen-bond acceptors (Lipinski definition) is 2. The molecule has 1 atom stereocenters. The first-order valence-corrected chi connectivity index (χ1v) is 6.65. The smallest absolute Gasteiger partial charge is 0.147 e. The normalized spacial score (nSPS) is 18.8. The summed E-state index contributed by atoms with van der Waals surface area (Å²) in [7, 11) is 0. The Hall–Kier alpha value is -1.02. The first-order valence-electron chi connectivity index (χ1n) is 5.77. The molecule has 0 amide bonds. The summed E-state index contributed by atoms with van der Waals surface area (Å²) in [6, 6.07) is 8.28. The third kappa shape index (κ3) is 2.38. The highest BCUT2D eigenvalue weighted by atomic mass is 32.2. The highest BCUT2D eigenvalue weighted by Crippen LogP contribution is 2.38. The fourth-order valence-electron chi connectivity index (χ4n) is 1.93. The molecule has 0 saturated heterocycles. The Balaban J connectivity index is 2.24. The van der Waals surface area contributed by atoms with Gasteiger partial charge in [0, 0.05) is 15.7 Å². The minimum Gasteiger partial charge on any atom is -0.298 e. The Morgan fingerprint density at radius 2 is 2.19 bits per heavy atom. The lowest BCUT2D eigenvalue weighted by Crippen LogP contribution is -2.11. The number of hydrogen-bond donors (Lipinski definition) is 0. The molecule has 1 aromatic rings. The molecule has 0 aliphatic carbocycles. The second-order valence-corrected chi connectivity index (χ2v) is 5.29. The minimum atomic E-state index is 0.354. The number of rotatable bonds is 4. The van der Waals surface area contributed by atoms with Gasteiger partial charge < -0.3 is 0 Å². The second kappa shape index (κ2) is 5.35. The van der Waals surface area contributed by atoms with Crippen molar-refractivity contribution in [3.05, 3.63) is 35.4 Å². The molecule has 1 aliphatic heterocycles. The summed E-state index contributed by atoms with van der Waals surface area (Å²) in [6.07, 6.45) is 6.53. The van der Waals surface area contributed by atoms with Gasteiger partial charge in [-0.2, -0.15) is 0 Å². The van der Waals surface area contributed by atoms with Crippen LogP contribution in [0.2, 0.25) is 0 Å². The Labute approximate surface area is 101 Å². The fraction of sp³-hybridized carbons (Fsp3) is 0.357. The molecule has 1 nitrogen and oxygen atoms in total. The summed E-state index contributed by atoms with van der Waals surface area (Å²) >= 11 is 1.83. The first kappa shape index (κ1) is 11.5.